The molecule has 100 valence electrons. The van der Waals surface area contributed by atoms with E-state index in [-0.39, 0.29) is 0 Å². The molecule has 1 aromatic heterocycles. The number of hydrogen-bond donors (Lipinski definition) is 0. The summed E-state index contributed by atoms with van der Waals surface area (Å²) in [6.07, 6.45) is 1.70. The number of nitrogens with zero attached hydrogens (tertiary/aromatic N) is 2. The molecule has 2 rings (SSSR count). The Balaban J connectivity index is 2.62. The topological polar surface area (TPSA) is 44.2 Å². The van der Waals surface area contributed by atoms with Crippen LogP contribution in [-0.2, 0) is 0 Å². The Kier molecular flexibility index (Phi) is 3.69. The minimum absolute atomic E-state index is 0.378. The molecule has 0 bridgehead atoms. The number of aryl methyl sites for hydroxylation is 1. The van der Waals surface area contributed by atoms with Gasteiger partial charge in [0.25, 0.3) is 0 Å². The van der Waals surface area contributed by atoms with Crippen molar-refractivity contribution in [1.29, 1.82) is 0 Å². The zero-order valence-electron chi connectivity index (χ0n) is 11.9. The lowest BCUT2D eigenvalue weighted by Gasteiger charge is -2.15. The van der Waals surface area contributed by atoms with Crippen molar-refractivity contribution in [2.45, 2.75) is 20.8 Å². The van der Waals surface area contributed by atoms with E-state index < -0.39 is 0 Å². The lowest BCUT2D eigenvalue weighted by molar-refractivity contribution is 0.380. The van der Waals surface area contributed by atoms with Gasteiger partial charge in [-0.05, 0) is 49.6 Å². The maximum atomic E-state index is 5.43. The first-order valence-electron chi connectivity index (χ1n) is 6.10. The van der Waals surface area contributed by atoms with Gasteiger partial charge >= 0.3 is 6.01 Å². The van der Waals surface area contributed by atoms with Crippen molar-refractivity contribution >= 4 is 0 Å². The molecule has 0 fully saturated rings. The van der Waals surface area contributed by atoms with E-state index in [9.17, 15) is 0 Å². The van der Waals surface area contributed by atoms with Crippen LogP contribution >= 0.6 is 0 Å². The van der Waals surface area contributed by atoms with Crippen molar-refractivity contribution in [2.24, 2.45) is 0 Å². The Labute approximate surface area is 113 Å². The predicted octanol–water partition coefficient (Wildman–Crippen LogP) is 3.09. The van der Waals surface area contributed by atoms with E-state index in [4.69, 9.17) is 9.47 Å². The number of rotatable bonds is 3. The van der Waals surface area contributed by atoms with Crippen LogP contribution in [0, 0.1) is 20.8 Å². The van der Waals surface area contributed by atoms with E-state index in [1.807, 2.05) is 13.0 Å². The van der Waals surface area contributed by atoms with Crippen molar-refractivity contribution in [1.82, 2.24) is 9.97 Å². The van der Waals surface area contributed by atoms with Crippen LogP contribution in [0.4, 0.5) is 0 Å². The molecule has 0 radical (unpaired) electrons. The molecule has 19 heavy (non-hydrogen) atoms. The van der Waals surface area contributed by atoms with Gasteiger partial charge < -0.3 is 9.47 Å². The smallest absolute Gasteiger partial charge is 0.316 e. The van der Waals surface area contributed by atoms with E-state index in [0.29, 0.717) is 6.01 Å². The number of benzene rings is 1. The summed E-state index contributed by atoms with van der Waals surface area (Å²) in [5.41, 5.74) is 5.33. The molecule has 0 aliphatic heterocycles. The van der Waals surface area contributed by atoms with Gasteiger partial charge in [-0.25, -0.2) is 4.98 Å². The Bertz CT molecular complexity index is 609. The van der Waals surface area contributed by atoms with Crippen molar-refractivity contribution in [3.63, 3.8) is 0 Å². The quantitative estimate of drug-likeness (QED) is 0.848. The summed E-state index contributed by atoms with van der Waals surface area (Å²) in [6, 6.07) is 4.35. The highest BCUT2D eigenvalue weighted by Crippen LogP contribution is 2.33. The highest BCUT2D eigenvalue weighted by molar-refractivity contribution is 5.69. The zero-order chi connectivity index (χ0) is 14.0. The van der Waals surface area contributed by atoms with Crippen LogP contribution in [0.5, 0.6) is 11.8 Å². The summed E-state index contributed by atoms with van der Waals surface area (Å²) in [5.74, 6) is 0.933. The molecule has 1 aromatic carbocycles. The number of ether oxygens (including phenoxy) is 2. The third-order valence-electron chi connectivity index (χ3n) is 3.32. The Hall–Kier alpha value is -2.10. The predicted molar refractivity (Wildman–Crippen MR) is 74.8 cm³/mol. The van der Waals surface area contributed by atoms with Crippen molar-refractivity contribution < 1.29 is 9.47 Å². The van der Waals surface area contributed by atoms with Gasteiger partial charge in [-0.3, -0.25) is 0 Å². The van der Waals surface area contributed by atoms with E-state index in [2.05, 4.69) is 29.9 Å². The minimum atomic E-state index is 0.378. The Morgan fingerprint density at radius 2 is 1.74 bits per heavy atom. The fourth-order valence-electron chi connectivity index (χ4n) is 2.23. The SMILES string of the molecule is COc1nccc(-c2cc(C)c(OC)c(C)c2C)n1. The van der Waals surface area contributed by atoms with E-state index in [1.54, 1.807) is 20.4 Å². The summed E-state index contributed by atoms with van der Waals surface area (Å²) < 4.78 is 10.5. The van der Waals surface area contributed by atoms with Crippen LogP contribution in [0.15, 0.2) is 18.3 Å². The first-order chi connectivity index (χ1) is 9.08. The molecule has 0 saturated heterocycles. The van der Waals surface area contributed by atoms with Crippen LogP contribution in [0.1, 0.15) is 16.7 Å². The summed E-state index contributed by atoms with van der Waals surface area (Å²) in [6.45, 7) is 6.16. The van der Waals surface area contributed by atoms with E-state index in [1.165, 1.54) is 0 Å². The largest absolute Gasteiger partial charge is 0.496 e. The van der Waals surface area contributed by atoms with Crippen LogP contribution in [0.3, 0.4) is 0 Å². The molecule has 1 heterocycles. The van der Waals surface area contributed by atoms with Gasteiger partial charge in [0.1, 0.15) is 5.75 Å². The van der Waals surface area contributed by atoms with Gasteiger partial charge in [-0.1, -0.05) is 0 Å². The van der Waals surface area contributed by atoms with Crippen LogP contribution in [0.25, 0.3) is 11.3 Å². The monoisotopic (exact) mass is 258 g/mol. The third-order valence-corrected chi connectivity index (χ3v) is 3.32. The third kappa shape index (κ3) is 2.38. The molecule has 0 atom stereocenters. The lowest BCUT2D eigenvalue weighted by atomic mass is 9.96. The highest BCUT2D eigenvalue weighted by Gasteiger charge is 2.13. The second-order valence-electron chi connectivity index (χ2n) is 4.45. The van der Waals surface area contributed by atoms with Gasteiger partial charge in [0, 0.05) is 11.8 Å². The average molecular weight is 258 g/mol. The zero-order valence-corrected chi connectivity index (χ0v) is 11.9. The number of methoxy groups -OCH3 is 2. The molecule has 4 nitrogen and oxygen atoms in total. The second kappa shape index (κ2) is 5.26. The summed E-state index contributed by atoms with van der Waals surface area (Å²) in [4.78, 5) is 8.42. The molecule has 0 N–H and O–H groups in total. The molecule has 4 heteroatoms. The second-order valence-corrected chi connectivity index (χ2v) is 4.45. The van der Waals surface area contributed by atoms with Gasteiger partial charge in [0.15, 0.2) is 0 Å². The average Bonchev–Trinajstić information content (AvgIpc) is 2.43. The molecule has 2 aromatic rings. The molecule has 0 aliphatic rings. The van der Waals surface area contributed by atoms with Gasteiger partial charge in [-0.15, -0.1) is 0 Å². The number of hydrogen-bond acceptors (Lipinski definition) is 4. The van der Waals surface area contributed by atoms with Crippen LogP contribution < -0.4 is 9.47 Å². The molecule has 0 saturated carbocycles. The molecule has 0 aliphatic carbocycles. The normalized spacial score (nSPS) is 10.4. The highest BCUT2D eigenvalue weighted by atomic mass is 16.5. The van der Waals surface area contributed by atoms with Crippen LogP contribution in [0.2, 0.25) is 0 Å². The Morgan fingerprint density at radius 1 is 1.00 bits per heavy atom. The van der Waals surface area contributed by atoms with Gasteiger partial charge in [0.05, 0.1) is 19.9 Å². The summed E-state index contributed by atoms with van der Waals surface area (Å²) >= 11 is 0. The fraction of sp³-hybridized carbons (Fsp3) is 0.333. The van der Waals surface area contributed by atoms with E-state index in [0.717, 1.165) is 33.7 Å². The minimum Gasteiger partial charge on any atom is -0.496 e. The van der Waals surface area contributed by atoms with Crippen LogP contribution in [-0.4, -0.2) is 24.2 Å². The molecular weight excluding hydrogens is 240 g/mol. The van der Waals surface area contributed by atoms with E-state index >= 15 is 0 Å². The van der Waals surface area contributed by atoms with Gasteiger partial charge in [-0.2, -0.15) is 4.98 Å². The van der Waals surface area contributed by atoms with Gasteiger partial charge in [0.2, 0.25) is 0 Å². The summed E-state index contributed by atoms with van der Waals surface area (Å²) in [5, 5.41) is 0. The maximum Gasteiger partial charge on any atom is 0.316 e. The molecule has 0 unspecified atom stereocenters. The number of aromatic nitrogens is 2. The molecule has 0 amide bonds. The molecular formula is C15H18N2O2. The standard InChI is InChI=1S/C15H18N2O2/c1-9-8-12(10(2)11(3)14(9)18-4)13-6-7-16-15(17-13)19-5/h6-8H,1-5H3. The van der Waals surface area contributed by atoms with Crippen molar-refractivity contribution in [2.75, 3.05) is 14.2 Å². The Morgan fingerprint density at radius 3 is 2.37 bits per heavy atom. The summed E-state index contributed by atoms with van der Waals surface area (Å²) in [7, 11) is 3.26. The van der Waals surface area contributed by atoms with Crippen molar-refractivity contribution in [3.05, 3.63) is 35.0 Å². The maximum absolute atomic E-state index is 5.43. The fourth-order valence-corrected chi connectivity index (χ4v) is 2.23. The first kappa shape index (κ1) is 13.3. The first-order valence-corrected chi connectivity index (χ1v) is 6.10. The van der Waals surface area contributed by atoms with Crippen molar-refractivity contribution in [3.8, 4) is 23.0 Å². The lowest BCUT2D eigenvalue weighted by Crippen LogP contribution is -1.99. The molecule has 0 spiro atoms.